The number of ether oxygens (including phenoxy) is 3. The van der Waals surface area contributed by atoms with Crippen LogP contribution in [0, 0.1) is 10.1 Å². The number of methoxy groups -OCH3 is 3. The number of hydrogen-bond acceptors (Lipinski definition) is 8. The third kappa shape index (κ3) is 2.78. The van der Waals surface area contributed by atoms with E-state index in [-0.39, 0.29) is 29.1 Å². The summed E-state index contributed by atoms with van der Waals surface area (Å²) in [6.07, 6.45) is -0.837. The van der Waals surface area contributed by atoms with Gasteiger partial charge in [-0.3, -0.25) is 10.1 Å². The highest BCUT2D eigenvalue weighted by Crippen LogP contribution is 2.36. The summed E-state index contributed by atoms with van der Waals surface area (Å²) in [5.41, 5.74) is 0.252. The molecule has 0 saturated heterocycles. The quantitative estimate of drug-likeness (QED) is 0.457. The fourth-order valence-electron chi connectivity index (χ4n) is 2.04. The SMILES string of the molecule is COC(=O)C1CC(c2cc(OC)c(OC)cc2[N+](=O)[O-])=NO1. The molecule has 0 radical (unpaired) electrons. The van der Waals surface area contributed by atoms with Crippen LogP contribution in [0.4, 0.5) is 5.69 Å². The van der Waals surface area contributed by atoms with E-state index >= 15 is 0 Å². The van der Waals surface area contributed by atoms with Crippen LogP contribution in [0.2, 0.25) is 0 Å². The normalized spacial score (nSPS) is 16.5. The zero-order valence-electron chi connectivity index (χ0n) is 12.2. The van der Waals surface area contributed by atoms with E-state index in [0.717, 1.165) is 0 Å². The summed E-state index contributed by atoms with van der Waals surface area (Å²) in [6.45, 7) is 0. The number of rotatable bonds is 5. The molecule has 0 bridgehead atoms. The Labute approximate surface area is 125 Å². The standard InChI is InChI=1S/C13H14N2O7/c1-19-10-4-7(9(15(17)18)6-11(10)20-2)8-5-12(22-14-8)13(16)21-3/h4,6,12H,5H2,1-3H3. The molecular formula is C13H14N2O7. The lowest BCUT2D eigenvalue weighted by molar-refractivity contribution is -0.385. The first kappa shape index (κ1) is 15.5. The number of nitro benzene ring substituents is 1. The zero-order chi connectivity index (χ0) is 16.3. The van der Waals surface area contributed by atoms with Gasteiger partial charge in [0, 0.05) is 12.5 Å². The fraction of sp³-hybridized carbons (Fsp3) is 0.385. The molecule has 2 rings (SSSR count). The Morgan fingerprint density at radius 2 is 1.95 bits per heavy atom. The Bertz CT molecular complexity index is 642. The van der Waals surface area contributed by atoms with Crippen LogP contribution in [0.15, 0.2) is 17.3 Å². The first-order valence-electron chi connectivity index (χ1n) is 6.23. The highest BCUT2D eigenvalue weighted by Gasteiger charge is 2.33. The average Bonchev–Trinajstić information content (AvgIpc) is 3.02. The third-order valence-electron chi connectivity index (χ3n) is 3.14. The maximum absolute atomic E-state index is 11.4. The van der Waals surface area contributed by atoms with E-state index in [0.29, 0.717) is 5.75 Å². The molecule has 0 spiro atoms. The molecule has 22 heavy (non-hydrogen) atoms. The van der Waals surface area contributed by atoms with Crippen LogP contribution in [0.3, 0.4) is 0 Å². The molecule has 1 aromatic carbocycles. The lowest BCUT2D eigenvalue weighted by Crippen LogP contribution is -2.22. The van der Waals surface area contributed by atoms with Gasteiger partial charge in [-0.15, -0.1) is 0 Å². The molecule has 1 heterocycles. The van der Waals surface area contributed by atoms with Gasteiger partial charge in [-0.05, 0) is 0 Å². The molecule has 0 amide bonds. The van der Waals surface area contributed by atoms with Gasteiger partial charge in [0.2, 0.25) is 6.10 Å². The van der Waals surface area contributed by atoms with Crippen molar-refractivity contribution in [2.45, 2.75) is 12.5 Å². The minimum atomic E-state index is -0.910. The second kappa shape index (κ2) is 6.29. The van der Waals surface area contributed by atoms with Gasteiger partial charge in [0.25, 0.3) is 5.69 Å². The fourth-order valence-corrected chi connectivity index (χ4v) is 2.04. The molecule has 0 N–H and O–H groups in total. The number of nitrogens with zero attached hydrogens (tertiary/aromatic N) is 2. The molecule has 1 aliphatic rings. The molecule has 1 unspecified atom stereocenters. The Balaban J connectivity index is 2.42. The second-order valence-electron chi connectivity index (χ2n) is 4.34. The monoisotopic (exact) mass is 310 g/mol. The third-order valence-corrected chi connectivity index (χ3v) is 3.14. The molecule has 1 aliphatic heterocycles. The van der Waals surface area contributed by atoms with Crippen molar-refractivity contribution >= 4 is 17.4 Å². The summed E-state index contributed by atoms with van der Waals surface area (Å²) < 4.78 is 14.7. The van der Waals surface area contributed by atoms with Gasteiger partial charge < -0.3 is 19.0 Å². The Kier molecular flexibility index (Phi) is 4.44. The molecule has 1 atom stereocenters. The molecule has 0 saturated carbocycles. The molecule has 0 aliphatic carbocycles. The minimum Gasteiger partial charge on any atom is -0.493 e. The van der Waals surface area contributed by atoms with Crippen molar-refractivity contribution in [2.75, 3.05) is 21.3 Å². The van der Waals surface area contributed by atoms with Crippen molar-refractivity contribution in [1.82, 2.24) is 0 Å². The van der Waals surface area contributed by atoms with Crippen LogP contribution in [-0.2, 0) is 14.4 Å². The maximum atomic E-state index is 11.4. The first-order valence-corrected chi connectivity index (χ1v) is 6.23. The molecule has 0 aromatic heterocycles. The van der Waals surface area contributed by atoms with Gasteiger partial charge in [-0.2, -0.15) is 0 Å². The topological polar surface area (TPSA) is 109 Å². The average molecular weight is 310 g/mol. The largest absolute Gasteiger partial charge is 0.493 e. The summed E-state index contributed by atoms with van der Waals surface area (Å²) in [4.78, 5) is 27.1. The highest BCUT2D eigenvalue weighted by molar-refractivity contribution is 6.06. The Morgan fingerprint density at radius 1 is 1.32 bits per heavy atom. The molecule has 0 fully saturated rings. The molecule has 9 heteroatoms. The van der Waals surface area contributed by atoms with E-state index in [1.807, 2.05) is 0 Å². The summed E-state index contributed by atoms with van der Waals surface area (Å²) >= 11 is 0. The zero-order valence-corrected chi connectivity index (χ0v) is 12.2. The van der Waals surface area contributed by atoms with E-state index in [4.69, 9.17) is 14.3 Å². The van der Waals surface area contributed by atoms with Crippen molar-refractivity contribution < 1.29 is 28.8 Å². The number of hydrogen-bond donors (Lipinski definition) is 0. The van der Waals surface area contributed by atoms with E-state index in [1.165, 1.54) is 33.5 Å². The Morgan fingerprint density at radius 3 is 2.50 bits per heavy atom. The second-order valence-corrected chi connectivity index (χ2v) is 4.34. The van der Waals surface area contributed by atoms with E-state index in [9.17, 15) is 14.9 Å². The van der Waals surface area contributed by atoms with Gasteiger partial charge in [0.1, 0.15) is 0 Å². The lowest BCUT2D eigenvalue weighted by Gasteiger charge is -2.10. The van der Waals surface area contributed by atoms with Crippen LogP contribution < -0.4 is 9.47 Å². The number of esters is 1. The smallest absolute Gasteiger partial charge is 0.350 e. The van der Waals surface area contributed by atoms with Crippen molar-refractivity contribution in [3.05, 3.63) is 27.8 Å². The van der Waals surface area contributed by atoms with Crippen molar-refractivity contribution in [1.29, 1.82) is 0 Å². The van der Waals surface area contributed by atoms with Gasteiger partial charge in [0.05, 0.1) is 43.6 Å². The summed E-state index contributed by atoms with van der Waals surface area (Å²) in [5, 5.41) is 15.0. The summed E-state index contributed by atoms with van der Waals surface area (Å²) in [5.74, 6) is -0.0591. The number of carbonyl (C=O) groups is 1. The lowest BCUT2D eigenvalue weighted by atomic mass is 10.0. The van der Waals surface area contributed by atoms with E-state index < -0.39 is 17.0 Å². The van der Waals surface area contributed by atoms with Crippen molar-refractivity contribution in [3.8, 4) is 11.5 Å². The van der Waals surface area contributed by atoms with Gasteiger partial charge in [0.15, 0.2) is 11.5 Å². The minimum absolute atomic E-state index is 0.0724. The maximum Gasteiger partial charge on any atom is 0.350 e. The summed E-state index contributed by atoms with van der Waals surface area (Å²) in [6, 6.07) is 2.67. The molecule has 1 aromatic rings. The van der Waals surface area contributed by atoms with Gasteiger partial charge >= 0.3 is 5.97 Å². The van der Waals surface area contributed by atoms with Gasteiger partial charge in [-0.25, -0.2) is 4.79 Å². The Hall–Kier alpha value is -2.84. The highest BCUT2D eigenvalue weighted by atomic mass is 16.7. The van der Waals surface area contributed by atoms with E-state index in [1.54, 1.807) is 0 Å². The number of oxime groups is 1. The number of benzene rings is 1. The van der Waals surface area contributed by atoms with Gasteiger partial charge in [-0.1, -0.05) is 5.16 Å². The molecular weight excluding hydrogens is 296 g/mol. The van der Waals surface area contributed by atoms with Crippen LogP contribution >= 0.6 is 0 Å². The van der Waals surface area contributed by atoms with Crippen molar-refractivity contribution in [3.63, 3.8) is 0 Å². The predicted molar refractivity (Wildman–Crippen MR) is 74.2 cm³/mol. The summed E-state index contributed by atoms with van der Waals surface area (Å²) in [7, 11) is 4.02. The van der Waals surface area contributed by atoms with E-state index in [2.05, 4.69) is 9.89 Å². The number of carbonyl (C=O) groups excluding carboxylic acids is 1. The van der Waals surface area contributed by atoms with Crippen LogP contribution in [0.5, 0.6) is 11.5 Å². The number of nitro groups is 1. The first-order chi connectivity index (χ1) is 10.5. The molecule has 9 nitrogen and oxygen atoms in total. The van der Waals surface area contributed by atoms with Crippen molar-refractivity contribution in [2.24, 2.45) is 5.16 Å². The van der Waals surface area contributed by atoms with Crippen LogP contribution in [0.1, 0.15) is 12.0 Å². The van der Waals surface area contributed by atoms with Crippen LogP contribution in [0.25, 0.3) is 0 Å². The predicted octanol–water partition coefficient (Wildman–Crippen LogP) is 1.28. The van der Waals surface area contributed by atoms with Crippen LogP contribution in [-0.4, -0.2) is 44.0 Å². The molecule has 118 valence electrons.